The third-order valence-electron chi connectivity index (χ3n) is 3.99. The zero-order chi connectivity index (χ0) is 18.5. The van der Waals surface area contributed by atoms with Gasteiger partial charge in [-0.1, -0.05) is 23.8 Å². The van der Waals surface area contributed by atoms with Gasteiger partial charge in [-0.15, -0.1) is 0 Å². The molecule has 7 heteroatoms. The Morgan fingerprint density at radius 2 is 1.73 bits per heavy atom. The number of carbonyl (C=O) groups excluding carboxylic acids is 1. The number of esters is 1. The van der Waals surface area contributed by atoms with E-state index in [1.54, 1.807) is 36.4 Å². The molecular formula is C19H18ClNO4S. The van der Waals surface area contributed by atoms with Gasteiger partial charge in [-0.3, -0.25) is 0 Å². The molecule has 2 aromatic rings. The molecule has 0 N–H and O–H groups in total. The van der Waals surface area contributed by atoms with Crippen LogP contribution in [0.25, 0.3) is 0 Å². The van der Waals surface area contributed by atoms with Gasteiger partial charge in [0.05, 0.1) is 25.9 Å². The number of benzene rings is 2. The molecule has 0 unspecified atom stereocenters. The number of morpholine rings is 1. The predicted octanol–water partition coefficient (Wildman–Crippen LogP) is 3.58. The van der Waals surface area contributed by atoms with Crippen LogP contribution in [0.5, 0.6) is 11.5 Å². The van der Waals surface area contributed by atoms with E-state index in [2.05, 4.69) is 4.90 Å². The first-order valence-electron chi connectivity index (χ1n) is 8.11. The van der Waals surface area contributed by atoms with E-state index in [9.17, 15) is 4.79 Å². The van der Waals surface area contributed by atoms with Crippen molar-refractivity contribution in [2.24, 2.45) is 0 Å². The topological polar surface area (TPSA) is 48.0 Å². The Kier molecular flexibility index (Phi) is 6.08. The van der Waals surface area contributed by atoms with Crippen molar-refractivity contribution in [3.63, 3.8) is 0 Å². The van der Waals surface area contributed by atoms with Crippen molar-refractivity contribution in [1.82, 2.24) is 4.90 Å². The lowest BCUT2D eigenvalue weighted by molar-refractivity contribution is 0.0692. The van der Waals surface area contributed by atoms with Crippen LogP contribution < -0.4 is 9.47 Å². The predicted molar refractivity (Wildman–Crippen MR) is 103 cm³/mol. The number of rotatable bonds is 4. The number of hydrogen-bond donors (Lipinski definition) is 0. The molecule has 0 amide bonds. The standard InChI is InChI=1S/C19H18ClNO4S/c1-23-17-12-14(18(26)21-8-10-24-11-9-21)4-7-16(17)25-19(22)13-2-5-15(20)6-3-13/h2-7,12H,8-11H2,1H3. The summed E-state index contributed by atoms with van der Waals surface area (Å²) >= 11 is 11.4. The molecule has 26 heavy (non-hydrogen) atoms. The summed E-state index contributed by atoms with van der Waals surface area (Å²) in [5.74, 6) is 0.296. The van der Waals surface area contributed by atoms with Gasteiger partial charge in [0.2, 0.25) is 0 Å². The molecule has 0 aromatic heterocycles. The highest BCUT2D eigenvalue weighted by Gasteiger charge is 2.18. The Balaban J connectivity index is 1.77. The SMILES string of the molecule is COc1cc(C(=S)N2CCOCC2)ccc1OC(=O)c1ccc(Cl)cc1. The van der Waals surface area contributed by atoms with E-state index in [1.807, 2.05) is 6.07 Å². The molecule has 0 atom stereocenters. The van der Waals surface area contributed by atoms with Gasteiger partial charge in [0, 0.05) is 23.7 Å². The van der Waals surface area contributed by atoms with E-state index in [0.717, 1.165) is 23.6 Å². The quantitative estimate of drug-likeness (QED) is 0.451. The van der Waals surface area contributed by atoms with E-state index >= 15 is 0 Å². The fourth-order valence-electron chi connectivity index (χ4n) is 2.58. The fourth-order valence-corrected chi connectivity index (χ4v) is 3.01. The largest absolute Gasteiger partial charge is 0.493 e. The summed E-state index contributed by atoms with van der Waals surface area (Å²) in [5, 5.41) is 0.556. The lowest BCUT2D eigenvalue weighted by Crippen LogP contribution is -2.40. The molecule has 0 spiro atoms. The molecule has 5 nitrogen and oxygen atoms in total. The van der Waals surface area contributed by atoms with Gasteiger partial charge in [-0.05, 0) is 42.5 Å². The highest BCUT2D eigenvalue weighted by atomic mass is 35.5. The maximum Gasteiger partial charge on any atom is 0.343 e. The molecule has 0 bridgehead atoms. The molecule has 1 aliphatic rings. The van der Waals surface area contributed by atoms with Crippen molar-refractivity contribution in [2.45, 2.75) is 0 Å². The Bertz CT molecular complexity index is 804. The number of hydrogen-bond acceptors (Lipinski definition) is 5. The highest BCUT2D eigenvalue weighted by Crippen LogP contribution is 2.30. The van der Waals surface area contributed by atoms with E-state index < -0.39 is 5.97 Å². The second-order valence-corrected chi connectivity index (χ2v) is 6.49. The fraction of sp³-hybridized carbons (Fsp3) is 0.263. The lowest BCUT2D eigenvalue weighted by atomic mass is 10.1. The van der Waals surface area contributed by atoms with Crippen molar-refractivity contribution in [3.8, 4) is 11.5 Å². The van der Waals surface area contributed by atoms with Crippen molar-refractivity contribution < 1.29 is 19.0 Å². The number of methoxy groups -OCH3 is 1. The summed E-state index contributed by atoms with van der Waals surface area (Å²) in [4.78, 5) is 15.1. The summed E-state index contributed by atoms with van der Waals surface area (Å²) in [6.07, 6.45) is 0. The lowest BCUT2D eigenvalue weighted by Gasteiger charge is -2.29. The second-order valence-electron chi connectivity index (χ2n) is 5.67. The smallest absolute Gasteiger partial charge is 0.343 e. The Morgan fingerprint density at radius 1 is 1.08 bits per heavy atom. The van der Waals surface area contributed by atoms with Gasteiger partial charge < -0.3 is 19.1 Å². The molecule has 1 aliphatic heterocycles. The maximum absolute atomic E-state index is 12.3. The van der Waals surface area contributed by atoms with Gasteiger partial charge in [0.1, 0.15) is 4.99 Å². The zero-order valence-electron chi connectivity index (χ0n) is 14.2. The van der Waals surface area contributed by atoms with Crippen LogP contribution in [-0.4, -0.2) is 49.3 Å². The van der Waals surface area contributed by atoms with E-state index in [0.29, 0.717) is 35.3 Å². The van der Waals surface area contributed by atoms with Gasteiger partial charge in [-0.2, -0.15) is 0 Å². The third-order valence-corrected chi connectivity index (χ3v) is 4.74. The summed E-state index contributed by atoms with van der Waals surface area (Å²) in [6, 6.07) is 11.8. The summed E-state index contributed by atoms with van der Waals surface area (Å²) in [6.45, 7) is 2.84. The summed E-state index contributed by atoms with van der Waals surface area (Å²) in [5.41, 5.74) is 1.24. The minimum absolute atomic E-state index is 0.334. The molecule has 0 saturated carbocycles. The monoisotopic (exact) mass is 391 g/mol. The van der Waals surface area contributed by atoms with Gasteiger partial charge >= 0.3 is 5.97 Å². The number of thiocarbonyl (C=S) groups is 1. The molecule has 2 aromatic carbocycles. The van der Waals surface area contributed by atoms with Crippen LogP contribution in [0.2, 0.25) is 5.02 Å². The van der Waals surface area contributed by atoms with Crippen LogP contribution >= 0.6 is 23.8 Å². The van der Waals surface area contributed by atoms with Crippen LogP contribution in [0, 0.1) is 0 Å². The van der Waals surface area contributed by atoms with E-state index in [4.69, 9.17) is 38.0 Å². The molecule has 3 rings (SSSR count). The molecule has 1 saturated heterocycles. The first-order chi connectivity index (χ1) is 12.6. The van der Waals surface area contributed by atoms with Crippen LogP contribution in [0.4, 0.5) is 0 Å². The van der Waals surface area contributed by atoms with Crippen molar-refractivity contribution >= 4 is 34.8 Å². The average Bonchev–Trinajstić information content (AvgIpc) is 2.69. The average molecular weight is 392 g/mol. The van der Waals surface area contributed by atoms with Gasteiger partial charge in [-0.25, -0.2) is 4.79 Å². The number of nitrogens with zero attached hydrogens (tertiary/aromatic N) is 1. The number of carbonyl (C=O) groups is 1. The van der Waals surface area contributed by atoms with Crippen LogP contribution in [-0.2, 0) is 4.74 Å². The second kappa shape index (κ2) is 8.49. The molecular weight excluding hydrogens is 374 g/mol. The Hall–Kier alpha value is -2.15. The van der Waals surface area contributed by atoms with Crippen molar-refractivity contribution in [3.05, 3.63) is 58.6 Å². The third kappa shape index (κ3) is 4.33. The van der Waals surface area contributed by atoms with Gasteiger partial charge in [0.25, 0.3) is 0 Å². The summed E-state index contributed by atoms with van der Waals surface area (Å²) in [7, 11) is 1.52. The minimum Gasteiger partial charge on any atom is -0.493 e. The Morgan fingerprint density at radius 3 is 2.38 bits per heavy atom. The number of ether oxygens (including phenoxy) is 3. The molecule has 1 fully saturated rings. The molecule has 0 radical (unpaired) electrons. The van der Waals surface area contributed by atoms with Crippen LogP contribution in [0.15, 0.2) is 42.5 Å². The highest BCUT2D eigenvalue weighted by molar-refractivity contribution is 7.80. The summed E-state index contributed by atoms with van der Waals surface area (Å²) < 4.78 is 16.2. The maximum atomic E-state index is 12.3. The molecule has 0 aliphatic carbocycles. The van der Waals surface area contributed by atoms with E-state index in [1.165, 1.54) is 7.11 Å². The number of halogens is 1. The molecule has 136 valence electrons. The van der Waals surface area contributed by atoms with Crippen LogP contribution in [0.1, 0.15) is 15.9 Å². The first-order valence-corrected chi connectivity index (χ1v) is 8.90. The Labute approximate surface area is 162 Å². The van der Waals surface area contributed by atoms with Gasteiger partial charge in [0.15, 0.2) is 11.5 Å². The first kappa shape index (κ1) is 18.6. The molecule has 1 heterocycles. The van der Waals surface area contributed by atoms with Crippen molar-refractivity contribution in [2.75, 3.05) is 33.4 Å². The minimum atomic E-state index is -0.483. The van der Waals surface area contributed by atoms with Crippen LogP contribution in [0.3, 0.4) is 0 Å². The van der Waals surface area contributed by atoms with E-state index in [-0.39, 0.29) is 0 Å². The normalized spacial score (nSPS) is 14.0. The van der Waals surface area contributed by atoms with Crippen molar-refractivity contribution in [1.29, 1.82) is 0 Å². The zero-order valence-corrected chi connectivity index (χ0v) is 15.8.